The number of para-hydroxylation sites is 1. The van der Waals surface area contributed by atoms with Gasteiger partial charge in [-0.25, -0.2) is 4.79 Å². The summed E-state index contributed by atoms with van der Waals surface area (Å²) in [6, 6.07) is 8.10. The van der Waals surface area contributed by atoms with E-state index in [0.717, 1.165) is 60.7 Å². The second-order valence-electron chi connectivity index (χ2n) is 10.5. The molecule has 3 fully saturated rings. The van der Waals surface area contributed by atoms with Crippen LogP contribution in [0.5, 0.6) is 0 Å². The van der Waals surface area contributed by atoms with Crippen LogP contribution in [0.25, 0.3) is 0 Å². The van der Waals surface area contributed by atoms with E-state index in [1.807, 2.05) is 54.0 Å². The third-order valence-electron chi connectivity index (χ3n) is 7.80. The van der Waals surface area contributed by atoms with Crippen LogP contribution in [0.2, 0.25) is 0 Å². The van der Waals surface area contributed by atoms with E-state index < -0.39 is 5.60 Å². The molecule has 0 bridgehead atoms. The normalized spacial score (nSPS) is 29.1. The van der Waals surface area contributed by atoms with Crippen LogP contribution in [-0.4, -0.2) is 55.4 Å². The van der Waals surface area contributed by atoms with Gasteiger partial charge in [0.1, 0.15) is 17.6 Å². The highest BCUT2D eigenvalue weighted by Gasteiger charge is 2.59. The number of carbonyl (C=O) groups excluding carboxylic acids is 2. The number of amides is 3. The topological polar surface area (TPSA) is 80.3 Å². The van der Waals surface area contributed by atoms with Gasteiger partial charge < -0.3 is 29.3 Å². The molecule has 8 nitrogen and oxygen atoms in total. The summed E-state index contributed by atoms with van der Waals surface area (Å²) in [6.07, 6.45) is 6.03. The summed E-state index contributed by atoms with van der Waals surface area (Å²) in [4.78, 5) is 30.3. The van der Waals surface area contributed by atoms with E-state index >= 15 is 0 Å². The van der Waals surface area contributed by atoms with Crippen LogP contribution >= 0.6 is 0 Å². The molecule has 186 valence electrons. The second kappa shape index (κ2) is 8.59. The molecule has 8 heteroatoms. The monoisotopic (exact) mass is 479 g/mol. The van der Waals surface area contributed by atoms with Crippen LogP contribution in [0, 0.1) is 5.92 Å². The molecule has 6 rings (SSSR count). The van der Waals surface area contributed by atoms with E-state index in [1.165, 1.54) is 0 Å². The largest absolute Gasteiger partial charge is 0.472 e. The molecule has 4 heterocycles. The number of nitrogens with one attached hydrogen (secondary N) is 1. The Morgan fingerprint density at radius 3 is 3.00 bits per heavy atom. The van der Waals surface area contributed by atoms with Crippen LogP contribution < -0.4 is 10.2 Å². The molecule has 1 aliphatic carbocycles. The Balaban J connectivity index is 1.21. The zero-order valence-corrected chi connectivity index (χ0v) is 20.4. The molecule has 3 amide bonds. The fraction of sp³-hybridized carbons (Fsp3) is 0.556. The molecule has 3 saturated heterocycles. The van der Waals surface area contributed by atoms with Gasteiger partial charge in [-0.05, 0) is 51.2 Å². The number of piperidine rings is 1. The third-order valence-corrected chi connectivity index (χ3v) is 7.80. The van der Waals surface area contributed by atoms with Crippen molar-refractivity contribution in [3.63, 3.8) is 0 Å². The average Bonchev–Trinajstić information content (AvgIpc) is 3.54. The van der Waals surface area contributed by atoms with Crippen LogP contribution in [0.4, 0.5) is 10.5 Å². The molecule has 4 aliphatic heterocycles. The summed E-state index contributed by atoms with van der Waals surface area (Å²) in [5, 5.41) is 3.00. The van der Waals surface area contributed by atoms with Crippen LogP contribution in [-0.2, 0) is 24.6 Å². The van der Waals surface area contributed by atoms with Gasteiger partial charge in [0.25, 0.3) is 5.91 Å². The van der Waals surface area contributed by atoms with Crippen molar-refractivity contribution < 1.29 is 23.8 Å². The highest BCUT2D eigenvalue weighted by atomic mass is 16.7. The van der Waals surface area contributed by atoms with Crippen molar-refractivity contribution in [3.8, 4) is 0 Å². The minimum absolute atomic E-state index is 0.00687. The number of anilines is 1. The summed E-state index contributed by atoms with van der Waals surface area (Å²) in [5.74, 6) is 1.93. The third kappa shape index (κ3) is 3.69. The summed E-state index contributed by atoms with van der Waals surface area (Å²) < 4.78 is 17.9. The van der Waals surface area contributed by atoms with Gasteiger partial charge in [0.05, 0.1) is 5.69 Å². The fourth-order valence-electron chi connectivity index (χ4n) is 6.13. The fourth-order valence-corrected chi connectivity index (χ4v) is 6.13. The lowest BCUT2D eigenvalue weighted by atomic mass is 9.88. The number of nitrogens with zero attached hydrogens (tertiary/aromatic N) is 2. The Bertz CT molecular complexity index is 1110. The molecule has 1 spiro atoms. The van der Waals surface area contributed by atoms with Crippen molar-refractivity contribution >= 4 is 17.6 Å². The van der Waals surface area contributed by atoms with E-state index in [9.17, 15) is 9.59 Å². The zero-order valence-electron chi connectivity index (χ0n) is 20.4. The minimum atomic E-state index is -1.04. The number of carbonyl (C=O) groups is 2. The van der Waals surface area contributed by atoms with E-state index in [2.05, 4.69) is 5.32 Å². The predicted octanol–water partition coefficient (Wildman–Crippen LogP) is 3.78. The predicted molar refractivity (Wildman–Crippen MR) is 129 cm³/mol. The first-order valence-corrected chi connectivity index (χ1v) is 12.8. The van der Waals surface area contributed by atoms with E-state index in [0.29, 0.717) is 25.3 Å². The highest BCUT2D eigenvalue weighted by Crippen LogP contribution is 2.55. The SMILES string of the molecule is CC(C)NC(=O)N1CCCC(CCN2C(=O)C3(CC4=C5OCOC5CC=C4O3)c3ccccc32)C1. The number of hydrogen-bond donors (Lipinski definition) is 1. The number of hydrogen-bond acceptors (Lipinski definition) is 5. The van der Waals surface area contributed by atoms with E-state index in [-0.39, 0.29) is 30.9 Å². The molecule has 3 atom stereocenters. The summed E-state index contributed by atoms with van der Waals surface area (Å²) in [7, 11) is 0. The molecule has 0 radical (unpaired) electrons. The minimum Gasteiger partial charge on any atom is -0.472 e. The molecular formula is C27H33N3O5. The number of benzene rings is 1. The van der Waals surface area contributed by atoms with E-state index in [1.54, 1.807) is 0 Å². The van der Waals surface area contributed by atoms with Gasteiger partial charge in [-0.1, -0.05) is 18.2 Å². The first-order valence-electron chi connectivity index (χ1n) is 12.8. The summed E-state index contributed by atoms with van der Waals surface area (Å²) >= 11 is 0. The molecule has 35 heavy (non-hydrogen) atoms. The number of fused-ring (bicyclic) bond motifs is 4. The van der Waals surface area contributed by atoms with Crippen molar-refractivity contribution in [1.29, 1.82) is 0 Å². The molecule has 1 N–H and O–H groups in total. The van der Waals surface area contributed by atoms with Crippen molar-refractivity contribution in [2.75, 3.05) is 31.3 Å². The Morgan fingerprint density at radius 1 is 1.29 bits per heavy atom. The van der Waals surface area contributed by atoms with Crippen LogP contribution in [0.1, 0.15) is 51.5 Å². The van der Waals surface area contributed by atoms with Crippen molar-refractivity contribution in [3.05, 3.63) is 53.0 Å². The molecule has 1 aromatic carbocycles. The zero-order chi connectivity index (χ0) is 24.2. The number of ether oxygens (including phenoxy) is 3. The Hall–Kier alpha value is -3.00. The van der Waals surface area contributed by atoms with Crippen molar-refractivity contribution in [2.45, 2.75) is 63.7 Å². The average molecular weight is 480 g/mol. The first-order chi connectivity index (χ1) is 17.0. The Morgan fingerprint density at radius 2 is 2.14 bits per heavy atom. The maximum atomic E-state index is 14.0. The van der Waals surface area contributed by atoms with Gasteiger partial charge in [0.2, 0.25) is 5.60 Å². The maximum Gasteiger partial charge on any atom is 0.317 e. The number of rotatable bonds is 4. The van der Waals surface area contributed by atoms with Gasteiger partial charge in [0.15, 0.2) is 6.79 Å². The lowest BCUT2D eigenvalue weighted by Gasteiger charge is -2.34. The highest BCUT2D eigenvalue weighted by molar-refractivity contribution is 6.08. The first kappa shape index (κ1) is 22.5. The summed E-state index contributed by atoms with van der Waals surface area (Å²) in [6.45, 7) is 6.33. The van der Waals surface area contributed by atoms with Gasteiger partial charge in [0, 0.05) is 49.7 Å². The summed E-state index contributed by atoms with van der Waals surface area (Å²) in [5.41, 5.74) is 1.77. The smallest absolute Gasteiger partial charge is 0.317 e. The molecule has 5 aliphatic rings. The standard InChI is InChI=1S/C27H33N3O5/c1-17(2)28-26(32)29-12-5-6-18(15-29)11-13-30-21-8-4-3-7-20(21)27(25(30)31)14-19-22(35-27)9-10-23-24(19)34-16-33-23/h3-4,7-9,17-18,23H,5-6,10-16H2,1-2H3,(H,28,32). The molecule has 1 aromatic rings. The molecule has 0 aromatic heterocycles. The van der Waals surface area contributed by atoms with Crippen LogP contribution in [0.15, 0.2) is 47.4 Å². The quantitative estimate of drug-likeness (QED) is 0.711. The number of urea groups is 1. The molecule has 0 saturated carbocycles. The Labute approximate surface area is 205 Å². The molecular weight excluding hydrogens is 446 g/mol. The van der Waals surface area contributed by atoms with E-state index in [4.69, 9.17) is 14.2 Å². The number of likely N-dealkylation sites (tertiary alicyclic amines) is 1. The van der Waals surface area contributed by atoms with Gasteiger partial charge in [-0.15, -0.1) is 0 Å². The van der Waals surface area contributed by atoms with Crippen LogP contribution in [0.3, 0.4) is 0 Å². The lowest BCUT2D eigenvalue weighted by Crippen LogP contribution is -2.48. The second-order valence-corrected chi connectivity index (χ2v) is 10.5. The maximum absolute atomic E-state index is 14.0. The van der Waals surface area contributed by atoms with Gasteiger partial charge in [-0.2, -0.15) is 0 Å². The van der Waals surface area contributed by atoms with Crippen molar-refractivity contribution in [2.24, 2.45) is 5.92 Å². The Kier molecular flexibility index (Phi) is 5.51. The van der Waals surface area contributed by atoms with Gasteiger partial charge >= 0.3 is 6.03 Å². The lowest BCUT2D eigenvalue weighted by molar-refractivity contribution is -0.135. The molecule has 3 unspecified atom stereocenters. The van der Waals surface area contributed by atoms with Crippen molar-refractivity contribution in [1.82, 2.24) is 10.2 Å². The van der Waals surface area contributed by atoms with Gasteiger partial charge in [-0.3, -0.25) is 4.79 Å². The number of allylic oxidation sites excluding steroid dienone is 1.